The Kier molecular flexibility index (Phi) is 5.93. The fourth-order valence-electron chi connectivity index (χ4n) is 3.08. The van der Waals surface area contributed by atoms with Crippen LogP contribution in [0.5, 0.6) is 0 Å². The van der Waals surface area contributed by atoms with Crippen LogP contribution in [0.2, 0.25) is 0 Å². The van der Waals surface area contributed by atoms with Crippen LogP contribution in [0.3, 0.4) is 0 Å². The van der Waals surface area contributed by atoms with E-state index in [1.165, 1.54) is 5.01 Å². The molecule has 1 aromatic heterocycles. The lowest BCUT2D eigenvalue weighted by Gasteiger charge is -2.22. The van der Waals surface area contributed by atoms with E-state index in [9.17, 15) is 9.59 Å². The van der Waals surface area contributed by atoms with Crippen LogP contribution < -0.4 is 5.32 Å². The van der Waals surface area contributed by atoms with Gasteiger partial charge in [0.05, 0.1) is 13.0 Å². The standard InChI is InChI=1S/C22H21N5O3/c28-20(23-14-16-7-3-1-4-8-16)13-19-24-22(30-26-19)18-11-12-21(29)27(25-18)15-17-9-5-2-6-10-17/h1-10H,11-15H2,(H,23,28). The molecule has 4 rings (SSSR count). The van der Waals surface area contributed by atoms with Crippen molar-refractivity contribution in [1.29, 1.82) is 0 Å². The van der Waals surface area contributed by atoms with E-state index in [-0.39, 0.29) is 30.0 Å². The number of hydrazone groups is 1. The van der Waals surface area contributed by atoms with Gasteiger partial charge in [0.1, 0.15) is 5.71 Å². The van der Waals surface area contributed by atoms with Crippen LogP contribution in [0.1, 0.15) is 35.7 Å². The number of aromatic nitrogens is 2. The summed E-state index contributed by atoms with van der Waals surface area (Å²) in [5, 5.41) is 12.5. The first-order valence-corrected chi connectivity index (χ1v) is 9.73. The molecule has 2 aromatic carbocycles. The molecule has 0 bridgehead atoms. The largest absolute Gasteiger partial charge is 0.352 e. The summed E-state index contributed by atoms with van der Waals surface area (Å²) in [6.07, 6.45) is 0.753. The van der Waals surface area contributed by atoms with Gasteiger partial charge in [-0.15, -0.1) is 0 Å². The Balaban J connectivity index is 1.38. The monoisotopic (exact) mass is 403 g/mol. The molecule has 0 spiro atoms. The smallest absolute Gasteiger partial charge is 0.274 e. The van der Waals surface area contributed by atoms with Crippen molar-refractivity contribution >= 4 is 17.5 Å². The minimum Gasteiger partial charge on any atom is -0.352 e. The Bertz CT molecular complexity index is 1050. The number of hydrogen-bond donors (Lipinski definition) is 1. The second-order valence-electron chi connectivity index (χ2n) is 6.94. The fraction of sp³-hybridized carbons (Fsp3) is 0.227. The van der Waals surface area contributed by atoms with Crippen LogP contribution in [-0.2, 0) is 29.1 Å². The molecule has 2 heterocycles. The number of amides is 2. The first kappa shape index (κ1) is 19.5. The summed E-state index contributed by atoms with van der Waals surface area (Å²) in [4.78, 5) is 28.7. The van der Waals surface area contributed by atoms with E-state index in [0.29, 0.717) is 31.6 Å². The molecule has 0 fully saturated rings. The van der Waals surface area contributed by atoms with Gasteiger partial charge >= 0.3 is 0 Å². The van der Waals surface area contributed by atoms with Crippen molar-refractivity contribution in [1.82, 2.24) is 20.5 Å². The Morgan fingerprint density at radius 1 is 1.00 bits per heavy atom. The summed E-state index contributed by atoms with van der Waals surface area (Å²) in [6.45, 7) is 0.819. The van der Waals surface area contributed by atoms with Gasteiger partial charge in [0.2, 0.25) is 11.8 Å². The summed E-state index contributed by atoms with van der Waals surface area (Å²) < 4.78 is 5.29. The fourth-order valence-corrected chi connectivity index (χ4v) is 3.08. The van der Waals surface area contributed by atoms with E-state index in [0.717, 1.165) is 11.1 Å². The average Bonchev–Trinajstić information content (AvgIpc) is 3.24. The van der Waals surface area contributed by atoms with Crippen molar-refractivity contribution in [3.05, 3.63) is 83.5 Å². The van der Waals surface area contributed by atoms with Gasteiger partial charge in [0.25, 0.3) is 5.89 Å². The highest BCUT2D eigenvalue weighted by Crippen LogP contribution is 2.17. The van der Waals surface area contributed by atoms with Gasteiger partial charge in [0, 0.05) is 19.4 Å². The third kappa shape index (κ3) is 4.96. The Hall–Kier alpha value is -3.81. The number of rotatable bonds is 7. The van der Waals surface area contributed by atoms with E-state index >= 15 is 0 Å². The van der Waals surface area contributed by atoms with Gasteiger partial charge < -0.3 is 9.84 Å². The molecule has 0 unspecified atom stereocenters. The van der Waals surface area contributed by atoms with Crippen LogP contribution in [0.25, 0.3) is 0 Å². The van der Waals surface area contributed by atoms with Crippen molar-refractivity contribution in [2.75, 3.05) is 0 Å². The predicted octanol–water partition coefficient (Wildman–Crippen LogP) is 2.46. The van der Waals surface area contributed by atoms with Gasteiger partial charge in [-0.3, -0.25) is 9.59 Å². The van der Waals surface area contributed by atoms with Gasteiger partial charge in [-0.2, -0.15) is 10.1 Å². The molecule has 2 amide bonds. The zero-order valence-corrected chi connectivity index (χ0v) is 16.3. The molecule has 1 N–H and O–H groups in total. The highest BCUT2D eigenvalue weighted by Gasteiger charge is 2.25. The molecule has 3 aromatic rings. The summed E-state index contributed by atoms with van der Waals surface area (Å²) in [7, 11) is 0. The number of benzene rings is 2. The number of carbonyl (C=O) groups excluding carboxylic acids is 2. The van der Waals surface area contributed by atoms with Gasteiger partial charge in [0.15, 0.2) is 5.82 Å². The van der Waals surface area contributed by atoms with E-state index in [4.69, 9.17) is 4.52 Å². The third-order valence-electron chi connectivity index (χ3n) is 4.65. The maximum Gasteiger partial charge on any atom is 0.274 e. The zero-order valence-electron chi connectivity index (χ0n) is 16.3. The summed E-state index contributed by atoms with van der Waals surface area (Å²) in [5.74, 6) is 0.275. The van der Waals surface area contributed by atoms with E-state index in [2.05, 4.69) is 20.6 Å². The lowest BCUT2D eigenvalue weighted by atomic mass is 10.1. The molecule has 8 heteroatoms. The molecule has 1 aliphatic rings. The zero-order chi connectivity index (χ0) is 20.8. The molecule has 0 saturated heterocycles. The van der Waals surface area contributed by atoms with Crippen molar-refractivity contribution in [3.63, 3.8) is 0 Å². The van der Waals surface area contributed by atoms with Crippen molar-refractivity contribution in [2.45, 2.75) is 32.4 Å². The average molecular weight is 403 g/mol. The van der Waals surface area contributed by atoms with Crippen molar-refractivity contribution < 1.29 is 14.1 Å². The summed E-state index contributed by atoms with van der Waals surface area (Å²) >= 11 is 0. The van der Waals surface area contributed by atoms with Gasteiger partial charge in [-0.25, -0.2) is 5.01 Å². The highest BCUT2D eigenvalue weighted by atomic mass is 16.5. The molecular formula is C22H21N5O3. The van der Waals surface area contributed by atoms with Crippen LogP contribution in [0, 0.1) is 0 Å². The third-order valence-corrected chi connectivity index (χ3v) is 4.65. The topological polar surface area (TPSA) is 101 Å². The highest BCUT2D eigenvalue weighted by molar-refractivity contribution is 6.01. The van der Waals surface area contributed by atoms with Crippen LogP contribution in [-0.4, -0.2) is 32.7 Å². The van der Waals surface area contributed by atoms with Gasteiger partial charge in [-0.05, 0) is 11.1 Å². The molecule has 8 nitrogen and oxygen atoms in total. The van der Waals surface area contributed by atoms with Crippen molar-refractivity contribution in [2.24, 2.45) is 5.10 Å². The lowest BCUT2D eigenvalue weighted by Crippen LogP contribution is -2.31. The predicted molar refractivity (Wildman–Crippen MR) is 109 cm³/mol. The maximum atomic E-state index is 12.2. The number of nitrogens with zero attached hydrogens (tertiary/aromatic N) is 4. The number of hydrogen-bond acceptors (Lipinski definition) is 6. The maximum absolute atomic E-state index is 12.2. The second kappa shape index (κ2) is 9.13. The molecule has 152 valence electrons. The molecule has 1 aliphatic heterocycles. The molecule has 0 aliphatic carbocycles. The summed E-state index contributed by atoms with van der Waals surface area (Å²) in [6, 6.07) is 19.3. The minimum absolute atomic E-state index is 0.0102. The summed E-state index contributed by atoms with van der Waals surface area (Å²) in [5.41, 5.74) is 2.55. The molecular weight excluding hydrogens is 382 g/mol. The Morgan fingerprint density at radius 3 is 2.43 bits per heavy atom. The lowest BCUT2D eigenvalue weighted by molar-refractivity contribution is -0.132. The minimum atomic E-state index is -0.197. The molecule has 30 heavy (non-hydrogen) atoms. The van der Waals surface area contributed by atoms with Gasteiger partial charge in [-0.1, -0.05) is 65.8 Å². The van der Waals surface area contributed by atoms with E-state index < -0.39 is 0 Å². The molecule has 0 saturated carbocycles. The quantitative estimate of drug-likeness (QED) is 0.653. The SMILES string of the molecule is O=C(Cc1noc(C2=NN(Cc3ccccc3)C(=O)CC2)n1)NCc1ccccc1. The Morgan fingerprint density at radius 2 is 1.70 bits per heavy atom. The van der Waals surface area contributed by atoms with Crippen LogP contribution in [0.15, 0.2) is 70.3 Å². The second-order valence-corrected chi connectivity index (χ2v) is 6.94. The van der Waals surface area contributed by atoms with Crippen molar-refractivity contribution in [3.8, 4) is 0 Å². The van der Waals surface area contributed by atoms with E-state index in [1.54, 1.807) is 0 Å². The first-order chi connectivity index (χ1) is 14.7. The van der Waals surface area contributed by atoms with Crippen LogP contribution >= 0.6 is 0 Å². The van der Waals surface area contributed by atoms with E-state index in [1.807, 2.05) is 60.7 Å². The normalized spacial score (nSPS) is 13.8. The number of carbonyl (C=O) groups is 2. The Labute approximate surface area is 173 Å². The first-order valence-electron chi connectivity index (χ1n) is 9.73. The number of nitrogens with one attached hydrogen (secondary N) is 1. The molecule has 0 atom stereocenters. The molecule has 0 radical (unpaired) electrons. The van der Waals surface area contributed by atoms with Crippen LogP contribution in [0.4, 0.5) is 0 Å².